The largest absolute Gasteiger partial charge is 0.491 e. The molecule has 4 aromatic rings. The minimum atomic E-state index is -0.854. The Morgan fingerprint density at radius 1 is 1.11 bits per heavy atom. The fourth-order valence-electron chi connectivity index (χ4n) is 3.15. The average Bonchev–Trinajstić information content (AvgIpc) is 3.13. The number of aliphatic carboxylic acids is 1. The summed E-state index contributed by atoms with van der Waals surface area (Å²) in [5, 5.41) is 10.3. The maximum absolute atomic E-state index is 12.6. The summed E-state index contributed by atoms with van der Waals surface area (Å²) in [6, 6.07) is 14.8. The molecule has 136 valence electrons. The topological polar surface area (TPSA) is 95.2 Å². The van der Waals surface area contributed by atoms with Gasteiger partial charge in [-0.1, -0.05) is 12.1 Å². The number of H-pyrrole nitrogens is 2. The molecule has 2 heterocycles. The Labute approximate surface area is 154 Å². The van der Waals surface area contributed by atoms with E-state index in [9.17, 15) is 9.59 Å². The van der Waals surface area contributed by atoms with Gasteiger partial charge in [0, 0.05) is 40.7 Å². The Kier molecular flexibility index (Phi) is 4.38. The smallest absolute Gasteiger partial charge is 0.303 e. The number of nitrogens with one attached hydrogen (secondary N) is 2. The van der Waals surface area contributed by atoms with Crippen molar-refractivity contribution in [2.75, 3.05) is 6.61 Å². The van der Waals surface area contributed by atoms with Gasteiger partial charge in [-0.3, -0.25) is 9.59 Å². The van der Waals surface area contributed by atoms with Crippen molar-refractivity contribution in [3.8, 4) is 17.0 Å². The number of fused-ring (bicyclic) bond motifs is 2. The van der Waals surface area contributed by atoms with Crippen molar-refractivity contribution in [2.24, 2.45) is 0 Å². The van der Waals surface area contributed by atoms with Gasteiger partial charge in [-0.15, -0.1) is 0 Å². The highest BCUT2D eigenvalue weighted by atomic mass is 16.5. The number of aromatic nitrogens is 2. The minimum Gasteiger partial charge on any atom is -0.491 e. The van der Waals surface area contributed by atoms with Crippen LogP contribution in [0.1, 0.15) is 12.8 Å². The van der Waals surface area contributed by atoms with E-state index >= 15 is 0 Å². The summed E-state index contributed by atoms with van der Waals surface area (Å²) < 4.78 is 5.73. The Morgan fingerprint density at radius 3 is 2.85 bits per heavy atom. The van der Waals surface area contributed by atoms with Crippen molar-refractivity contribution in [3.63, 3.8) is 0 Å². The summed E-state index contributed by atoms with van der Waals surface area (Å²) in [5.74, 6) is -0.313. The summed E-state index contributed by atoms with van der Waals surface area (Å²) in [7, 11) is 0. The van der Waals surface area contributed by atoms with Crippen LogP contribution in [0.5, 0.6) is 5.75 Å². The van der Waals surface area contributed by atoms with E-state index in [0.717, 1.165) is 16.5 Å². The molecular weight excluding hydrogens is 344 g/mol. The molecular formula is C21H18N2O4. The minimum absolute atomic E-state index is 0.0449. The van der Waals surface area contributed by atoms with Gasteiger partial charge in [-0.05, 0) is 42.3 Å². The SMILES string of the molecule is O=C(O)CCCOc1cccc2c(=O)cc(-c3ccc4[nH]ccc4c3)[nH]c12. The zero-order chi connectivity index (χ0) is 18.8. The normalized spacial score (nSPS) is 11.1. The number of aromatic amines is 2. The molecule has 2 aromatic heterocycles. The molecule has 0 radical (unpaired) electrons. The third kappa shape index (κ3) is 3.42. The van der Waals surface area contributed by atoms with Crippen LogP contribution in [0.15, 0.2) is 59.5 Å². The predicted octanol–water partition coefficient (Wildman–Crippen LogP) is 3.92. The van der Waals surface area contributed by atoms with Gasteiger partial charge in [0.2, 0.25) is 0 Å². The Hall–Kier alpha value is -3.54. The van der Waals surface area contributed by atoms with Gasteiger partial charge in [-0.25, -0.2) is 0 Å². The van der Waals surface area contributed by atoms with Crippen LogP contribution in [0.4, 0.5) is 0 Å². The van der Waals surface area contributed by atoms with Crippen LogP contribution in [0.2, 0.25) is 0 Å². The molecule has 2 aromatic carbocycles. The molecule has 27 heavy (non-hydrogen) atoms. The third-order valence-electron chi connectivity index (χ3n) is 4.48. The molecule has 0 unspecified atom stereocenters. The van der Waals surface area contributed by atoms with Crippen molar-refractivity contribution in [3.05, 3.63) is 65.0 Å². The number of carboxylic acid groups (broad SMARTS) is 1. The molecule has 0 spiro atoms. The first kappa shape index (κ1) is 16.9. The van der Waals surface area contributed by atoms with E-state index < -0.39 is 5.97 Å². The van der Waals surface area contributed by atoms with Crippen LogP contribution in [0.3, 0.4) is 0 Å². The molecule has 0 aliphatic carbocycles. The first-order valence-corrected chi connectivity index (χ1v) is 8.70. The molecule has 0 aliphatic heterocycles. The number of hydrogen-bond donors (Lipinski definition) is 3. The lowest BCUT2D eigenvalue weighted by Crippen LogP contribution is -2.06. The number of pyridine rings is 1. The lowest BCUT2D eigenvalue weighted by Gasteiger charge is -2.11. The van der Waals surface area contributed by atoms with Crippen LogP contribution in [-0.4, -0.2) is 27.7 Å². The summed E-state index contributed by atoms with van der Waals surface area (Å²) in [6.07, 6.45) is 2.32. The molecule has 3 N–H and O–H groups in total. The van der Waals surface area contributed by atoms with E-state index in [1.54, 1.807) is 24.3 Å². The van der Waals surface area contributed by atoms with Crippen molar-refractivity contribution >= 4 is 27.8 Å². The molecule has 0 fully saturated rings. The fourth-order valence-corrected chi connectivity index (χ4v) is 3.15. The molecule has 0 aliphatic rings. The number of ether oxygens (including phenoxy) is 1. The predicted molar refractivity (Wildman–Crippen MR) is 104 cm³/mol. The van der Waals surface area contributed by atoms with Gasteiger partial charge >= 0.3 is 5.97 Å². The number of para-hydroxylation sites is 1. The van der Waals surface area contributed by atoms with Crippen molar-refractivity contribution in [1.82, 2.24) is 9.97 Å². The first-order valence-electron chi connectivity index (χ1n) is 8.70. The van der Waals surface area contributed by atoms with Crippen LogP contribution in [0.25, 0.3) is 33.1 Å². The summed E-state index contributed by atoms with van der Waals surface area (Å²) in [5.41, 5.74) is 3.16. The summed E-state index contributed by atoms with van der Waals surface area (Å²) in [4.78, 5) is 29.7. The van der Waals surface area contributed by atoms with Crippen molar-refractivity contribution < 1.29 is 14.6 Å². The summed E-state index contributed by atoms with van der Waals surface area (Å²) in [6.45, 7) is 0.271. The fraction of sp³-hybridized carbons (Fsp3) is 0.143. The van der Waals surface area contributed by atoms with Crippen LogP contribution >= 0.6 is 0 Å². The number of benzene rings is 2. The Balaban J connectivity index is 1.73. The van der Waals surface area contributed by atoms with E-state index in [1.807, 2.05) is 30.5 Å². The molecule has 0 saturated carbocycles. The second-order valence-corrected chi connectivity index (χ2v) is 6.35. The van der Waals surface area contributed by atoms with Crippen LogP contribution in [0, 0.1) is 0 Å². The average molecular weight is 362 g/mol. The molecule has 0 bridgehead atoms. The number of carbonyl (C=O) groups is 1. The standard InChI is InChI=1S/C21H18N2O4/c24-18-12-17(13-6-7-16-14(11-13)8-9-22-16)23-21-15(18)3-1-4-19(21)27-10-2-5-20(25)26/h1,3-4,6-9,11-12,22H,2,5,10H2,(H,23,24)(H,25,26). The monoisotopic (exact) mass is 362 g/mol. The maximum atomic E-state index is 12.6. The van der Waals surface area contributed by atoms with E-state index in [2.05, 4.69) is 9.97 Å². The van der Waals surface area contributed by atoms with Gasteiger partial charge in [0.25, 0.3) is 0 Å². The second-order valence-electron chi connectivity index (χ2n) is 6.35. The van der Waals surface area contributed by atoms with E-state index in [0.29, 0.717) is 28.8 Å². The van der Waals surface area contributed by atoms with Gasteiger partial charge in [0.15, 0.2) is 5.43 Å². The molecule has 4 rings (SSSR count). The molecule has 6 nitrogen and oxygen atoms in total. The van der Waals surface area contributed by atoms with E-state index in [1.165, 1.54) is 0 Å². The Morgan fingerprint density at radius 2 is 2.00 bits per heavy atom. The molecule has 0 atom stereocenters. The highest BCUT2D eigenvalue weighted by Gasteiger charge is 2.10. The van der Waals surface area contributed by atoms with E-state index in [-0.39, 0.29) is 18.5 Å². The quantitative estimate of drug-likeness (QED) is 0.453. The maximum Gasteiger partial charge on any atom is 0.303 e. The van der Waals surface area contributed by atoms with Gasteiger partial charge in [-0.2, -0.15) is 0 Å². The lowest BCUT2D eigenvalue weighted by atomic mass is 10.1. The zero-order valence-corrected chi connectivity index (χ0v) is 14.5. The van der Waals surface area contributed by atoms with Crippen LogP contribution in [-0.2, 0) is 4.79 Å². The lowest BCUT2D eigenvalue weighted by molar-refractivity contribution is -0.137. The number of hydrogen-bond acceptors (Lipinski definition) is 3. The van der Waals surface area contributed by atoms with Gasteiger partial charge in [0.05, 0.1) is 12.1 Å². The third-order valence-corrected chi connectivity index (χ3v) is 4.48. The van der Waals surface area contributed by atoms with Crippen LogP contribution < -0.4 is 10.2 Å². The van der Waals surface area contributed by atoms with Gasteiger partial charge < -0.3 is 19.8 Å². The van der Waals surface area contributed by atoms with E-state index in [4.69, 9.17) is 9.84 Å². The van der Waals surface area contributed by atoms with Crippen molar-refractivity contribution in [1.29, 1.82) is 0 Å². The molecule has 6 heteroatoms. The molecule has 0 amide bonds. The zero-order valence-electron chi connectivity index (χ0n) is 14.5. The highest BCUT2D eigenvalue weighted by molar-refractivity contribution is 5.89. The van der Waals surface area contributed by atoms with Gasteiger partial charge in [0.1, 0.15) is 5.75 Å². The number of rotatable bonds is 6. The Bertz CT molecular complexity index is 1190. The number of carboxylic acids is 1. The molecule has 0 saturated heterocycles. The van der Waals surface area contributed by atoms with Crippen molar-refractivity contribution in [2.45, 2.75) is 12.8 Å². The summed E-state index contributed by atoms with van der Waals surface area (Å²) >= 11 is 0. The first-order chi connectivity index (χ1) is 13.1. The second kappa shape index (κ2) is 6.99. The highest BCUT2D eigenvalue weighted by Crippen LogP contribution is 2.27.